The summed E-state index contributed by atoms with van der Waals surface area (Å²) in [6.07, 6.45) is 1.54. The maximum Gasteiger partial charge on any atom is 0.336 e. The molecule has 0 radical (unpaired) electrons. The number of nitrogens with one attached hydrogen (secondary N) is 1. The zero-order chi connectivity index (χ0) is 16.8. The van der Waals surface area contributed by atoms with Crippen LogP contribution in [0.4, 0.5) is 0 Å². The molecule has 0 spiro atoms. The third kappa shape index (κ3) is 1.88. The van der Waals surface area contributed by atoms with E-state index in [1.165, 1.54) is 13.4 Å². The van der Waals surface area contributed by atoms with Crippen LogP contribution in [-0.4, -0.2) is 18.9 Å². The van der Waals surface area contributed by atoms with E-state index in [0.717, 1.165) is 11.3 Å². The molecule has 120 valence electrons. The van der Waals surface area contributed by atoms with E-state index in [9.17, 15) is 9.59 Å². The molecule has 2 aromatic rings. The predicted molar refractivity (Wildman–Crippen MR) is 87.0 cm³/mol. The maximum absolute atomic E-state index is 13.0. The van der Waals surface area contributed by atoms with E-state index in [1.807, 2.05) is 18.2 Å². The van der Waals surface area contributed by atoms with Gasteiger partial charge in [-0.2, -0.15) is 0 Å². The first-order valence-electron chi connectivity index (χ1n) is 7.61. The van der Waals surface area contributed by atoms with E-state index in [1.54, 1.807) is 25.1 Å². The van der Waals surface area contributed by atoms with Gasteiger partial charge in [-0.05, 0) is 19.1 Å². The fraction of sp³-hybridized carbons (Fsp3) is 0.158. The summed E-state index contributed by atoms with van der Waals surface area (Å²) >= 11 is 0. The Kier molecular flexibility index (Phi) is 3.16. The van der Waals surface area contributed by atoms with Gasteiger partial charge in [0.15, 0.2) is 5.78 Å². The molecule has 0 fully saturated rings. The van der Waals surface area contributed by atoms with Crippen LogP contribution in [0.3, 0.4) is 0 Å². The van der Waals surface area contributed by atoms with Crippen molar-refractivity contribution in [2.75, 3.05) is 7.11 Å². The Balaban J connectivity index is 1.95. The molecule has 1 aromatic heterocycles. The summed E-state index contributed by atoms with van der Waals surface area (Å²) in [7, 11) is 1.33. The van der Waals surface area contributed by atoms with Crippen LogP contribution in [0.25, 0.3) is 5.70 Å². The summed E-state index contributed by atoms with van der Waals surface area (Å²) in [5.74, 6) is -0.603. The molecule has 0 amide bonds. The van der Waals surface area contributed by atoms with Gasteiger partial charge in [0.25, 0.3) is 0 Å². The van der Waals surface area contributed by atoms with Gasteiger partial charge in [0.2, 0.25) is 0 Å². The summed E-state index contributed by atoms with van der Waals surface area (Å²) in [4.78, 5) is 25.3. The van der Waals surface area contributed by atoms with Crippen molar-refractivity contribution < 1.29 is 18.7 Å². The van der Waals surface area contributed by atoms with E-state index in [4.69, 9.17) is 9.15 Å². The van der Waals surface area contributed by atoms with Crippen LogP contribution < -0.4 is 5.32 Å². The molecule has 1 aromatic carbocycles. The second-order valence-corrected chi connectivity index (χ2v) is 5.77. The van der Waals surface area contributed by atoms with Gasteiger partial charge in [-0.15, -0.1) is 0 Å². The molecule has 0 saturated heterocycles. The zero-order valence-electron chi connectivity index (χ0n) is 13.3. The van der Waals surface area contributed by atoms with Crippen molar-refractivity contribution in [2.45, 2.75) is 12.8 Å². The van der Waals surface area contributed by atoms with Crippen molar-refractivity contribution in [1.82, 2.24) is 5.32 Å². The quantitative estimate of drug-likeness (QED) is 0.861. The van der Waals surface area contributed by atoms with Gasteiger partial charge in [-0.3, -0.25) is 4.79 Å². The minimum absolute atomic E-state index is 0.0941. The minimum atomic E-state index is -0.580. The Bertz CT molecular complexity index is 919. The van der Waals surface area contributed by atoms with Crippen molar-refractivity contribution in [3.63, 3.8) is 0 Å². The van der Waals surface area contributed by atoms with Crippen LogP contribution in [-0.2, 0) is 9.53 Å². The number of furan rings is 1. The molecule has 5 nitrogen and oxygen atoms in total. The van der Waals surface area contributed by atoms with Crippen molar-refractivity contribution in [3.8, 4) is 0 Å². The Labute approximate surface area is 138 Å². The molecule has 2 heterocycles. The molecule has 1 atom stereocenters. The largest absolute Gasteiger partial charge is 0.468 e. The SMILES string of the molecule is COC(=O)C1=C(C)NC2=C(C(=O)c3ccccc32)[C@H]1c1ccco1. The van der Waals surface area contributed by atoms with E-state index >= 15 is 0 Å². The second-order valence-electron chi connectivity index (χ2n) is 5.77. The number of methoxy groups -OCH3 is 1. The van der Waals surface area contributed by atoms with Crippen LogP contribution in [0.2, 0.25) is 0 Å². The highest BCUT2D eigenvalue weighted by Gasteiger charge is 2.43. The first kappa shape index (κ1) is 14.5. The maximum atomic E-state index is 13.0. The van der Waals surface area contributed by atoms with Crippen molar-refractivity contribution in [1.29, 1.82) is 0 Å². The standard InChI is InChI=1S/C19H15NO4/c1-10-14(19(22)23-2)15(13-8-5-9-24-13)16-17(20-10)11-6-3-4-7-12(11)18(16)21/h3-9,15,20H,1-2H3/t15-/m0/s1. The van der Waals surface area contributed by atoms with E-state index in [2.05, 4.69) is 5.32 Å². The lowest BCUT2D eigenvalue weighted by molar-refractivity contribution is -0.136. The summed E-state index contributed by atoms with van der Waals surface area (Å²) in [6.45, 7) is 1.80. The van der Waals surface area contributed by atoms with E-state index < -0.39 is 11.9 Å². The molecule has 1 aliphatic carbocycles. The average molecular weight is 321 g/mol. The highest BCUT2D eigenvalue weighted by Crippen LogP contribution is 2.46. The van der Waals surface area contributed by atoms with Crippen LogP contribution >= 0.6 is 0 Å². The average Bonchev–Trinajstić information content (AvgIpc) is 3.22. The monoisotopic (exact) mass is 321 g/mol. The van der Waals surface area contributed by atoms with Gasteiger partial charge >= 0.3 is 5.97 Å². The second kappa shape index (κ2) is 5.23. The molecule has 0 saturated carbocycles. The molecule has 0 unspecified atom stereocenters. The molecular formula is C19H15NO4. The topological polar surface area (TPSA) is 68.5 Å². The third-order valence-electron chi connectivity index (χ3n) is 4.48. The molecule has 24 heavy (non-hydrogen) atoms. The lowest BCUT2D eigenvalue weighted by Gasteiger charge is -2.27. The first-order chi connectivity index (χ1) is 11.6. The number of allylic oxidation sites excluding steroid dienone is 2. The molecule has 1 N–H and O–H groups in total. The summed E-state index contributed by atoms with van der Waals surface area (Å²) in [6, 6.07) is 10.9. The van der Waals surface area contributed by atoms with Gasteiger partial charge in [0, 0.05) is 22.4 Å². The molecule has 0 bridgehead atoms. The van der Waals surface area contributed by atoms with Gasteiger partial charge in [0.1, 0.15) is 5.76 Å². The Morgan fingerprint density at radius 2 is 1.92 bits per heavy atom. The van der Waals surface area contributed by atoms with Gasteiger partial charge in [0.05, 0.1) is 30.6 Å². The number of Topliss-reactive ketones (excluding diaryl/α,β-unsaturated/α-hetero) is 1. The molecule has 5 heteroatoms. The number of hydrogen-bond donors (Lipinski definition) is 1. The molecule has 2 aliphatic rings. The number of esters is 1. The molecule has 1 aliphatic heterocycles. The number of rotatable bonds is 2. The summed E-state index contributed by atoms with van der Waals surface area (Å²) < 4.78 is 10.5. The summed E-state index contributed by atoms with van der Waals surface area (Å²) in [5, 5.41) is 3.22. The number of dihydropyridines is 1. The van der Waals surface area contributed by atoms with Crippen LogP contribution in [0.15, 0.2) is 63.9 Å². The number of ketones is 1. The number of benzene rings is 1. The van der Waals surface area contributed by atoms with E-state index in [-0.39, 0.29) is 5.78 Å². The Hall–Kier alpha value is -3.08. The normalized spacial score (nSPS) is 19.1. The van der Waals surface area contributed by atoms with Crippen LogP contribution in [0.5, 0.6) is 0 Å². The van der Waals surface area contributed by atoms with Crippen molar-refractivity contribution in [2.24, 2.45) is 0 Å². The number of ether oxygens (including phenoxy) is 1. The van der Waals surface area contributed by atoms with Crippen molar-refractivity contribution in [3.05, 3.63) is 76.4 Å². The third-order valence-corrected chi connectivity index (χ3v) is 4.48. The van der Waals surface area contributed by atoms with Gasteiger partial charge in [-0.25, -0.2) is 4.79 Å². The van der Waals surface area contributed by atoms with Crippen LogP contribution in [0.1, 0.15) is 34.5 Å². The van der Waals surface area contributed by atoms with Gasteiger partial charge in [-0.1, -0.05) is 24.3 Å². The number of carbonyl (C=O) groups is 2. The number of carbonyl (C=O) groups excluding carboxylic acids is 2. The fourth-order valence-electron chi connectivity index (χ4n) is 3.45. The smallest absolute Gasteiger partial charge is 0.336 e. The summed E-state index contributed by atoms with van der Waals surface area (Å²) in [5.41, 5.74) is 3.79. The highest BCUT2D eigenvalue weighted by atomic mass is 16.5. The number of fused-ring (bicyclic) bond motifs is 2. The first-order valence-corrected chi connectivity index (χ1v) is 7.61. The highest BCUT2D eigenvalue weighted by molar-refractivity contribution is 6.23. The van der Waals surface area contributed by atoms with Gasteiger partial charge < -0.3 is 14.5 Å². The Morgan fingerprint density at radius 3 is 2.58 bits per heavy atom. The lowest BCUT2D eigenvalue weighted by Crippen LogP contribution is -2.28. The zero-order valence-corrected chi connectivity index (χ0v) is 13.3. The fourth-order valence-corrected chi connectivity index (χ4v) is 3.45. The Morgan fingerprint density at radius 1 is 1.17 bits per heavy atom. The van der Waals surface area contributed by atoms with E-state index in [0.29, 0.717) is 28.2 Å². The molecule has 4 rings (SSSR count). The predicted octanol–water partition coefficient (Wildman–Crippen LogP) is 3.02. The number of hydrogen-bond acceptors (Lipinski definition) is 5. The lowest BCUT2D eigenvalue weighted by atomic mass is 9.83. The van der Waals surface area contributed by atoms with Crippen LogP contribution in [0, 0.1) is 0 Å². The minimum Gasteiger partial charge on any atom is -0.468 e. The molecular weight excluding hydrogens is 306 g/mol. The van der Waals surface area contributed by atoms with Crippen molar-refractivity contribution >= 4 is 17.4 Å².